The Morgan fingerprint density at radius 3 is 2.65 bits per heavy atom. The Hall–Kier alpha value is -3.19. The van der Waals surface area contributed by atoms with Crippen molar-refractivity contribution in [2.24, 2.45) is 0 Å². The molecule has 132 valence electrons. The van der Waals surface area contributed by atoms with Gasteiger partial charge < -0.3 is 20.1 Å². The second kappa shape index (κ2) is 7.37. The molecule has 0 saturated carbocycles. The molecule has 3 aromatic rings. The van der Waals surface area contributed by atoms with Crippen molar-refractivity contribution in [1.82, 2.24) is 15.0 Å². The normalized spacial score (nSPS) is 14.2. The first-order valence-electron chi connectivity index (χ1n) is 8.47. The Kier molecular flexibility index (Phi) is 4.61. The van der Waals surface area contributed by atoms with Crippen LogP contribution in [0.1, 0.15) is 0 Å². The smallest absolute Gasteiger partial charge is 0.228 e. The van der Waals surface area contributed by atoms with Gasteiger partial charge in [-0.3, -0.25) is 4.98 Å². The predicted molar refractivity (Wildman–Crippen MR) is 99.7 cm³/mol. The van der Waals surface area contributed by atoms with Gasteiger partial charge >= 0.3 is 0 Å². The van der Waals surface area contributed by atoms with Crippen LogP contribution in [0.2, 0.25) is 0 Å². The SMILES string of the molecule is Oc1ccccc1-c1cc(Nc2cccnc2)nc(N2CCOCC2)n1. The number of hydrogen-bond donors (Lipinski definition) is 2. The molecule has 26 heavy (non-hydrogen) atoms. The average Bonchev–Trinajstić information content (AvgIpc) is 2.69. The van der Waals surface area contributed by atoms with Crippen LogP contribution in [0.4, 0.5) is 17.5 Å². The number of hydrogen-bond acceptors (Lipinski definition) is 7. The fourth-order valence-electron chi connectivity index (χ4n) is 2.82. The number of para-hydroxylation sites is 1. The van der Waals surface area contributed by atoms with E-state index in [2.05, 4.69) is 25.2 Å². The number of pyridine rings is 1. The molecule has 3 heterocycles. The molecule has 0 bridgehead atoms. The number of ether oxygens (including phenoxy) is 1. The van der Waals surface area contributed by atoms with Gasteiger partial charge in [0.2, 0.25) is 5.95 Å². The van der Waals surface area contributed by atoms with E-state index in [1.807, 2.05) is 30.3 Å². The topological polar surface area (TPSA) is 83.4 Å². The van der Waals surface area contributed by atoms with Gasteiger partial charge in [-0.2, -0.15) is 4.98 Å². The third-order valence-electron chi connectivity index (χ3n) is 4.12. The van der Waals surface area contributed by atoms with Gasteiger partial charge in [0, 0.05) is 30.9 Å². The molecule has 1 aliphatic rings. The molecule has 0 atom stereocenters. The van der Waals surface area contributed by atoms with Crippen molar-refractivity contribution in [1.29, 1.82) is 0 Å². The molecule has 0 amide bonds. The maximum Gasteiger partial charge on any atom is 0.228 e. The third kappa shape index (κ3) is 3.57. The summed E-state index contributed by atoms with van der Waals surface area (Å²) in [7, 11) is 0. The minimum absolute atomic E-state index is 0.187. The van der Waals surface area contributed by atoms with E-state index in [0.29, 0.717) is 36.2 Å². The van der Waals surface area contributed by atoms with E-state index in [4.69, 9.17) is 4.74 Å². The first-order valence-corrected chi connectivity index (χ1v) is 8.47. The van der Waals surface area contributed by atoms with Crippen molar-refractivity contribution < 1.29 is 9.84 Å². The second-order valence-electron chi connectivity index (χ2n) is 5.92. The van der Waals surface area contributed by atoms with E-state index >= 15 is 0 Å². The van der Waals surface area contributed by atoms with Crippen LogP contribution in [0.5, 0.6) is 5.75 Å². The number of phenolic OH excluding ortho intramolecular Hbond substituents is 1. The summed E-state index contributed by atoms with van der Waals surface area (Å²) in [5.41, 5.74) is 2.16. The van der Waals surface area contributed by atoms with Crippen molar-refractivity contribution in [2.45, 2.75) is 0 Å². The van der Waals surface area contributed by atoms with Gasteiger partial charge in [-0.25, -0.2) is 4.98 Å². The number of morpholine rings is 1. The monoisotopic (exact) mass is 349 g/mol. The molecule has 4 rings (SSSR count). The molecule has 0 radical (unpaired) electrons. The molecule has 1 saturated heterocycles. The highest BCUT2D eigenvalue weighted by atomic mass is 16.5. The van der Waals surface area contributed by atoms with E-state index in [1.165, 1.54) is 0 Å². The molecule has 7 nitrogen and oxygen atoms in total. The predicted octanol–water partition coefficient (Wildman–Crippen LogP) is 2.82. The fraction of sp³-hybridized carbons (Fsp3) is 0.211. The number of phenols is 1. The highest BCUT2D eigenvalue weighted by Gasteiger charge is 2.17. The van der Waals surface area contributed by atoms with Crippen LogP contribution in [0.15, 0.2) is 54.9 Å². The summed E-state index contributed by atoms with van der Waals surface area (Å²) >= 11 is 0. The molecule has 0 spiro atoms. The van der Waals surface area contributed by atoms with Gasteiger partial charge in [-0.1, -0.05) is 12.1 Å². The first kappa shape index (κ1) is 16.3. The lowest BCUT2D eigenvalue weighted by Crippen LogP contribution is -2.37. The van der Waals surface area contributed by atoms with E-state index < -0.39 is 0 Å². The van der Waals surface area contributed by atoms with Crippen LogP contribution in [0.25, 0.3) is 11.3 Å². The van der Waals surface area contributed by atoms with Crippen molar-refractivity contribution in [3.8, 4) is 17.0 Å². The summed E-state index contributed by atoms with van der Waals surface area (Å²) < 4.78 is 5.42. The summed E-state index contributed by atoms with van der Waals surface area (Å²) in [4.78, 5) is 15.5. The lowest BCUT2D eigenvalue weighted by atomic mass is 10.1. The Bertz CT molecular complexity index is 882. The van der Waals surface area contributed by atoms with E-state index in [1.54, 1.807) is 24.5 Å². The van der Waals surface area contributed by atoms with Crippen LogP contribution in [-0.2, 0) is 4.74 Å². The first-order chi connectivity index (χ1) is 12.8. The van der Waals surface area contributed by atoms with Crippen molar-refractivity contribution >= 4 is 17.5 Å². The zero-order valence-electron chi connectivity index (χ0n) is 14.2. The molecular weight excluding hydrogens is 330 g/mol. The molecule has 1 fully saturated rings. The molecule has 7 heteroatoms. The minimum Gasteiger partial charge on any atom is -0.507 e. The minimum atomic E-state index is 0.187. The summed E-state index contributed by atoms with van der Waals surface area (Å²) in [5.74, 6) is 1.44. The van der Waals surface area contributed by atoms with E-state index in [0.717, 1.165) is 18.8 Å². The van der Waals surface area contributed by atoms with Gasteiger partial charge in [0.25, 0.3) is 0 Å². The maximum absolute atomic E-state index is 10.2. The average molecular weight is 349 g/mol. The van der Waals surface area contributed by atoms with Crippen LogP contribution in [0, 0.1) is 0 Å². The molecule has 1 aliphatic heterocycles. The molecule has 0 aliphatic carbocycles. The molecule has 1 aromatic carbocycles. The van der Waals surface area contributed by atoms with Gasteiger partial charge in [-0.05, 0) is 24.3 Å². The van der Waals surface area contributed by atoms with Crippen LogP contribution >= 0.6 is 0 Å². The molecule has 0 unspecified atom stereocenters. The van der Waals surface area contributed by atoms with Crippen molar-refractivity contribution in [3.63, 3.8) is 0 Å². The Labute approximate surface area is 151 Å². The lowest BCUT2D eigenvalue weighted by Gasteiger charge is -2.27. The largest absolute Gasteiger partial charge is 0.507 e. The molecule has 2 aromatic heterocycles. The zero-order valence-corrected chi connectivity index (χ0v) is 14.2. The fourth-order valence-corrected chi connectivity index (χ4v) is 2.82. The Morgan fingerprint density at radius 2 is 1.88 bits per heavy atom. The van der Waals surface area contributed by atoms with Gasteiger partial charge in [0.1, 0.15) is 11.6 Å². The van der Waals surface area contributed by atoms with Crippen LogP contribution in [-0.4, -0.2) is 46.4 Å². The van der Waals surface area contributed by atoms with Gasteiger partial charge in [0.05, 0.1) is 30.8 Å². The summed E-state index contributed by atoms with van der Waals surface area (Å²) in [5, 5.41) is 13.5. The van der Waals surface area contributed by atoms with Gasteiger partial charge in [-0.15, -0.1) is 0 Å². The zero-order chi connectivity index (χ0) is 17.8. The lowest BCUT2D eigenvalue weighted by molar-refractivity contribution is 0.122. The maximum atomic E-state index is 10.2. The highest BCUT2D eigenvalue weighted by Crippen LogP contribution is 2.30. The third-order valence-corrected chi connectivity index (χ3v) is 4.12. The van der Waals surface area contributed by atoms with Crippen LogP contribution in [0.3, 0.4) is 0 Å². The van der Waals surface area contributed by atoms with E-state index in [9.17, 15) is 5.11 Å². The number of aromatic nitrogens is 3. The number of rotatable bonds is 4. The van der Waals surface area contributed by atoms with Crippen LogP contribution < -0.4 is 10.2 Å². The van der Waals surface area contributed by atoms with E-state index in [-0.39, 0.29) is 5.75 Å². The van der Waals surface area contributed by atoms with Crippen molar-refractivity contribution in [3.05, 3.63) is 54.9 Å². The summed E-state index contributed by atoms with van der Waals surface area (Å²) in [6, 6.07) is 12.8. The number of nitrogens with zero attached hydrogens (tertiary/aromatic N) is 4. The standard InChI is InChI=1S/C19H19N5O2/c25-17-6-2-1-5-15(17)16-12-18(21-14-4-3-7-20-13-14)23-19(22-16)24-8-10-26-11-9-24/h1-7,12-13,25H,8-11H2,(H,21,22,23). The summed E-state index contributed by atoms with van der Waals surface area (Å²) in [6.45, 7) is 2.76. The molecular formula is C19H19N5O2. The molecule has 2 N–H and O–H groups in total. The summed E-state index contributed by atoms with van der Waals surface area (Å²) in [6.07, 6.45) is 3.45. The quantitative estimate of drug-likeness (QED) is 0.749. The Balaban J connectivity index is 1.75. The second-order valence-corrected chi connectivity index (χ2v) is 5.92. The number of aromatic hydroxyl groups is 1. The number of anilines is 3. The Morgan fingerprint density at radius 1 is 1.04 bits per heavy atom. The van der Waals surface area contributed by atoms with Gasteiger partial charge in [0.15, 0.2) is 0 Å². The highest BCUT2D eigenvalue weighted by molar-refractivity contribution is 5.71. The number of benzene rings is 1. The van der Waals surface area contributed by atoms with Crippen molar-refractivity contribution in [2.75, 3.05) is 36.5 Å². The number of nitrogens with one attached hydrogen (secondary N) is 1.